The van der Waals surface area contributed by atoms with E-state index in [1.54, 1.807) is 18.2 Å². The van der Waals surface area contributed by atoms with Crippen LogP contribution in [0.4, 0.5) is 5.69 Å². The van der Waals surface area contributed by atoms with Gasteiger partial charge in [0.25, 0.3) is 5.91 Å². The van der Waals surface area contributed by atoms with Crippen molar-refractivity contribution in [1.29, 1.82) is 0 Å². The van der Waals surface area contributed by atoms with Crippen molar-refractivity contribution < 1.29 is 14.6 Å². The summed E-state index contributed by atoms with van der Waals surface area (Å²) in [6, 6.07) is 5.12. The zero-order valence-electron chi connectivity index (χ0n) is 9.28. The molecule has 4 N–H and O–H groups in total. The van der Waals surface area contributed by atoms with E-state index in [9.17, 15) is 4.79 Å². The van der Waals surface area contributed by atoms with E-state index < -0.39 is 0 Å². The normalized spacial score (nSPS) is 10.2. The Morgan fingerprint density at radius 3 is 2.94 bits per heavy atom. The van der Waals surface area contributed by atoms with E-state index in [4.69, 9.17) is 15.6 Å². The summed E-state index contributed by atoms with van der Waals surface area (Å²) in [4.78, 5) is 11.7. The Morgan fingerprint density at radius 2 is 2.24 bits per heavy atom. The van der Waals surface area contributed by atoms with E-state index in [-0.39, 0.29) is 19.1 Å². The zero-order valence-corrected chi connectivity index (χ0v) is 10.9. The minimum Gasteiger partial charge on any atom is -0.398 e. The molecule has 0 unspecified atom stereocenters. The van der Waals surface area contributed by atoms with E-state index in [0.29, 0.717) is 28.9 Å². The summed E-state index contributed by atoms with van der Waals surface area (Å²) in [6.07, 6.45) is 0. The molecule has 0 saturated carbocycles. The topological polar surface area (TPSA) is 84.6 Å². The highest BCUT2D eigenvalue weighted by Gasteiger charge is 2.10. The first-order valence-corrected chi connectivity index (χ1v) is 5.97. The molecule has 1 aromatic carbocycles. The lowest BCUT2D eigenvalue weighted by molar-refractivity contribution is 0.0837. The summed E-state index contributed by atoms with van der Waals surface area (Å²) in [7, 11) is 0. The van der Waals surface area contributed by atoms with Crippen LogP contribution in [0.3, 0.4) is 0 Å². The van der Waals surface area contributed by atoms with Crippen LogP contribution in [0, 0.1) is 0 Å². The van der Waals surface area contributed by atoms with Crippen LogP contribution in [-0.2, 0) is 4.74 Å². The first kappa shape index (κ1) is 14.0. The van der Waals surface area contributed by atoms with Gasteiger partial charge in [-0.2, -0.15) is 0 Å². The summed E-state index contributed by atoms with van der Waals surface area (Å²) in [6.45, 7) is 1.01. The zero-order chi connectivity index (χ0) is 12.7. The molecule has 94 valence electrons. The van der Waals surface area contributed by atoms with Crippen molar-refractivity contribution in [1.82, 2.24) is 5.32 Å². The molecule has 0 aliphatic rings. The van der Waals surface area contributed by atoms with Crippen molar-refractivity contribution in [3.8, 4) is 0 Å². The van der Waals surface area contributed by atoms with Gasteiger partial charge >= 0.3 is 0 Å². The number of aliphatic hydroxyl groups is 1. The molecule has 6 heteroatoms. The minimum atomic E-state index is -0.211. The second kappa shape index (κ2) is 7.26. The molecule has 1 aromatic rings. The fourth-order valence-electron chi connectivity index (χ4n) is 1.22. The Kier molecular flexibility index (Phi) is 5.96. The maximum atomic E-state index is 11.7. The third-order valence-electron chi connectivity index (χ3n) is 2.04. The summed E-state index contributed by atoms with van der Waals surface area (Å²) < 4.78 is 5.61. The third-order valence-corrected chi connectivity index (χ3v) is 2.93. The number of aliphatic hydroxyl groups excluding tert-OH is 1. The van der Waals surface area contributed by atoms with Gasteiger partial charge in [-0.05, 0) is 28.1 Å². The Labute approximate surface area is 108 Å². The van der Waals surface area contributed by atoms with Gasteiger partial charge in [0, 0.05) is 12.2 Å². The number of hydrogen-bond donors (Lipinski definition) is 3. The number of nitrogens with one attached hydrogen (secondary N) is 1. The van der Waals surface area contributed by atoms with E-state index in [2.05, 4.69) is 21.2 Å². The number of rotatable bonds is 6. The highest BCUT2D eigenvalue weighted by atomic mass is 79.9. The molecule has 5 nitrogen and oxygen atoms in total. The number of nitrogens with two attached hydrogens (primary N) is 1. The second-order valence-electron chi connectivity index (χ2n) is 3.30. The number of carbonyl (C=O) groups excluding carboxylic acids is 1. The lowest BCUT2D eigenvalue weighted by Crippen LogP contribution is -2.28. The fraction of sp³-hybridized carbons (Fsp3) is 0.364. The van der Waals surface area contributed by atoms with Gasteiger partial charge in [0.1, 0.15) is 0 Å². The SMILES string of the molecule is Nc1cccc(C(=O)NCCOCCO)c1Br. The van der Waals surface area contributed by atoms with Crippen molar-refractivity contribution >= 4 is 27.5 Å². The van der Waals surface area contributed by atoms with Gasteiger partial charge in [-0.15, -0.1) is 0 Å². The quantitative estimate of drug-likeness (QED) is 0.535. The molecule has 0 aliphatic carbocycles. The van der Waals surface area contributed by atoms with Crippen LogP contribution >= 0.6 is 15.9 Å². The molecular formula is C11H15BrN2O3. The average Bonchev–Trinajstić information content (AvgIpc) is 2.32. The maximum absolute atomic E-state index is 11.7. The number of ether oxygens (including phenoxy) is 1. The van der Waals surface area contributed by atoms with Gasteiger partial charge in [0.15, 0.2) is 0 Å². The fourth-order valence-corrected chi connectivity index (χ4v) is 1.67. The molecule has 0 aliphatic heterocycles. The summed E-state index contributed by atoms with van der Waals surface area (Å²) >= 11 is 3.26. The first-order chi connectivity index (χ1) is 8.16. The molecular weight excluding hydrogens is 288 g/mol. The maximum Gasteiger partial charge on any atom is 0.252 e. The van der Waals surface area contributed by atoms with Crippen molar-refractivity contribution in [2.24, 2.45) is 0 Å². The van der Waals surface area contributed by atoms with Crippen LogP contribution in [-0.4, -0.2) is 37.4 Å². The predicted molar refractivity (Wildman–Crippen MR) is 68.8 cm³/mol. The molecule has 0 saturated heterocycles. The van der Waals surface area contributed by atoms with Crippen molar-refractivity contribution in [2.75, 3.05) is 32.1 Å². The number of anilines is 1. The Balaban J connectivity index is 2.44. The van der Waals surface area contributed by atoms with Crippen LogP contribution in [0.2, 0.25) is 0 Å². The summed E-state index contributed by atoms with van der Waals surface area (Å²) in [5.41, 5.74) is 6.69. The standard InChI is InChI=1S/C11H15BrN2O3/c12-10-8(2-1-3-9(10)13)11(16)14-4-6-17-7-5-15/h1-3,15H,4-7,13H2,(H,14,16). The van der Waals surface area contributed by atoms with E-state index >= 15 is 0 Å². The molecule has 0 atom stereocenters. The lowest BCUT2D eigenvalue weighted by Gasteiger charge is -2.08. The summed E-state index contributed by atoms with van der Waals surface area (Å²) in [5.74, 6) is -0.211. The number of nitrogen functional groups attached to an aromatic ring is 1. The van der Waals surface area contributed by atoms with Crippen molar-refractivity contribution in [3.05, 3.63) is 28.2 Å². The van der Waals surface area contributed by atoms with Crippen molar-refractivity contribution in [3.63, 3.8) is 0 Å². The van der Waals surface area contributed by atoms with E-state index in [1.165, 1.54) is 0 Å². The largest absolute Gasteiger partial charge is 0.398 e. The number of hydrogen-bond acceptors (Lipinski definition) is 4. The Bertz CT molecular complexity index is 385. The number of benzene rings is 1. The molecule has 0 spiro atoms. The van der Waals surface area contributed by atoms with Crippen LogP contribution in [0.1, 0.15) is 10.4 Å². The molecule has 0 heterocycles. The number of amides is 1. The van der Waals surface area contributed by atoms with Crippen LogP contribution in [0.5, 0.6) is 0 Å². The molecule has 0 aromatic heterocycles. The molecule has 0 radical (unpaired) electrons. The molecule has 0 bridgehead atoms. The average molecular weight is 303 g/mol. The van der Waals surface area contributed by atoms with Gasteiger partial charge in [0.05, 0.1) is 29.9 Å². The first-order valence-electron chi connectivity index (χ1n) is 5.17. The van der Waals surface area contributed by atoms with Gasteiger partial charge in [-0.1, -0.05) is 6.07 Å². The smallest absolute Gasteiger partial charge is 0.252 e. The van der Waals surface area contributed by atoms with Crippen molar-refractivity contribution in [2.45, 2.75) is 0 Å². The van der Waals surface area contributed by atoms with Crippen LogP contribution in [0.25, 0.3) is 0 Å². The monoisotopic (exact) mass is 302 g/mol. The number of halogens is 1. The summed E-state index contributed by atoms with van der Waals surface area (Å²) in [5, 5.41) is 11.2. The highest BCUT2D eigenvalue weighted by Crippen LogP contribution is 2.23. The van der Waals surface area contributed by atoms with Gasteiger partial charge < -0.3 is 20.9 Å². The molecule has 1 amide bonds. The van der Waals surface area contributed by atoms with Crippen LogP contribution < -0.4 is 11.1 Å². The molecule has 1 rings (SSSR count). The van der Waals surface area contributed by atoms with Crippen LogP contribution in [0.15, 0.2) is 22.7 Å². The Morgan fingerprint density at radius 1 is 1.47 bits per heavy atom. The van der Waals surface area contributed by atoms with E-state index in [1.807, 2.05) is 0 Å². The molecule has 0 fully saturated rings. The van der Waals surface area contributed by atoms with E-state index in [0.717, 1.165) is 0 Å². The number of carbonyl (C=O) groups is 1. The third kappa shape index (κ3) is 4.33. The second-order valence-corrected chi connectivity index (χ2v) is 4.09. The van der Waals surface area contributed by atoms with Gasteiger partial charge in [-0.25, -0.2) is 0 Å². The lowest BCUT2D eigenvalue weighted by atomic mass is 10.2. The Hall–Kier alpha value is -1.11. The van der Waals surface area contributed by atoms with Gasteiger partial charge in [-0.3, -0.25) is 4.79 Å². The van der Waals surface area contributed by atoms with Gasteiger partial charge in [0.2, 0.25) is 0 Å². The predicted octanol–water partition coefficient (Wildman–Crippen LogP) is 0.770. The minimum absolute atomic E-state index is 0.0191. The molecule has 17 heavy (non-hydrogen) atoms. The highest BCUT2D eigenvalue weighted by molar-refractivity contribution is 9.10.